The summed E-state index contributed by atoms with van der Waals surface area (Å²) >= 11 is 3.11. The fourth-order valence-corrected chi connectivity index (χ4v) is 1.48. The van der Waals surface area contributed by atoms with E-state index < -0.39 is 6.61 Å². The Bertz CT molecular complexity index is 342. The Kier molecular flexibility index (Phi) is 4.68. The van der Waals surface area contributed by atoms with Gasteiger partial charge < -0.3 is 4.74 Å². The number of benzene rings is 1. The van der Waals surface area contributed by atoms with Gasteiger partial charge >= 0.3 is 6.61 Å². The SMILES string of the molecule is O=C(CCBr)c1ccccc1OC(F)F. The fourth-order valence-electron chi connectivity index (χ4n) is 1.12. The number of rotatable bonds is 5. The molecule has 0 heterocycles. The molecule has 0 atom stereocenters. The molecule has 15 heavy (non-hydrogen) atoms. The number of ketones is 1. The lowest BCUT2D eigenvalue weighted by molar-refractivity contribution is -0.0501. The zero-order valence-corrected chi connectivity index (χ0v) is 9.34. The summed E-state index contributed by atoms with van der Waals surface area (Å²) in [6.45, 7) is -2.91. The van der Waals surface area contributed by atoms with E-state index in [1.165, 1.54) is 12.1 Å². The van der Waals surface area contributed by atoms with Crippen LogP contribution >= 0.6 is 15.9 Å². The van der Waals surface area contributed by atoms with E-state index >= 15 is 0 Å². The van der Waals surface area contributed by atoms with E-state index in [0.717, 1.165) is 0 Å². The first-order chi connectivity index (χ1) is 7.15. The lowest BCUT2D eigenvalue weighted by atomic mass is 10.1. The van der Waals surface area contributed by atoms with Gasteiger partial charge in [0.1, 0.15) is 5.75 Å². The number of halogens is 3. The van der Waals surface area contributed by atoms with Gasteiger partial charge in [0.15, 0.2) is 5.78 Å². The smallest absolute Gasteiger partial charge is 0.387 e. The van der Waals surface area contributed by atoms with Crippen LogP contribution in [0.5, 0.6) is 5.75 Å². The molecule has 0 unspecified atom stereocenters. The minimum atomic E-state index is -2.91. The lowest BCUT2D eigenvalue weighted by Crippen LogP contribution is -2.08. The van der Waals surface area contributed by atoms with E-state index in [1.807, 2.05) is 0 Å². The van der Waals surface area contributed by atoms with Crippen LogP contribution in [0.15, 0.2) is 24.3 Å². The predicted octanol–water partition coefficient (Wildman–Crippen LogP) is 3.26. The van der Waals surface area contributed by atoms with Gasteiger partial charge in [-0.15, -0.1) is 0 Å². The van der Waals surface area contributed by atoms with Crippen LogP contribution in [-0.4, -0.2) is 17.7 Å². The Labute approximate surface area is 94.4 Å². The van der Waals surface area contributed by atoms with Crippen molar-refractivity contribution < 1.29 is 18.3 Å². The van der Waals surface area contributed by atoms with Gasteiger partial charge in [-0.05, 0) is 12.1 Å². The number of carbonyl (C=O) groups excluding carboxylic acids is 1. The largest absolute Gasteiger partial charge is 0.434 e. The van der Waals surface area contributed by atoms with E-state index in [1.54, 1.807) is 12.1 Å². The van der Waals surface area contributed by atoms with E-state index in [9.17, 15) is 13.6 Å². The molecule has 0 spiro atoms. The van der Waals surface area contributed by atoms with Gasteiger partial charge in [-0.2, -0.15) is 8.78 Å². The van der Waals surface area contributed by atoms with Gasteiger partial charge in [-0.1, -0.05) is 28.1 Å². The topological polar surface area (TPSA) is 26.3 Å². The van der Waals surface area contributed by atoms with Crippen LogP contribution < -0.4 is 4.74 Å². The van der Waals surface area contributed by atoms with Crippen molar-refractivity contribution in [2.45, 2.75) is 13.0 Å². The number of alkyl halides is 3. The second-order valence-corrected chi connectivity index (χ2v) is 3.53. The van der Waals surface area contributed by atoms with Crippen molar-refractivity contribution >= 4 is 21.7 Å². The van der Waals surface area contributed by atoms with Gasteiger partial charge in [0, 0.05) is 11.8 Å². The van der Waals surface area contributed by atoms with Crippen LogP contribution in [0.25, 0.3) is 0 Å². The fraction of sp³-hybridized carbons (Fsp3) is 0.300. The normalized spacial score (nSPS) is 10.4. The van der Waals surface area contributed by atoms with Crippen molar-refractivity contribution in [3.05, 3.63) is 29.8 Å². The molecule has 2 nitrogen and oxygen atoms in total. The van der Waals surface area contributed by atoms with E-state index in [-0.39, 0.29) is 23.5 Å². The number of para-hydroxylation sites is 1. The molecule has 0 N–H and O–H groups in total. The summed E-state index contributed by atoms with van der Waals surface area (Å²) in [6.07, 6.45) is 0.254. The van der Waals surface area contributed by atoms with Crippen molar-refractivity contribution in [3.8, 4) is 5.75 Å². The van der Waals surface area contributed by atoms with E-state index in [0.29, 0.717) is 5.33 Å². The molecule has 1 aromatic rings. The molecule has 0 saturated heterocycles. The average Bonchev–Trinajstić information content (AvgIpc) is 2.18. The van der Waals surface area contributed by atoms with Gasteiger partial charge in [-0.25, -0.2) is 0 Å². The number of carbonyl (C=O) groups is 1. The highest BCUT2D eigenvalue weighted by Gasteiger charge is 2.14. The maximum atomic E-state index is 12.0. The van der Waals surface area contributed by atoms with Crippen molar-refractivity contribution in [2.24, 2.45) is 0 Å². The molecule has 1 rings (SSSR count). The summed E-state index contributed by atoms with van der Waals surface area (Å²) in [6, 6.07) is 5.98. The summed E-state index contributed by atoms with van der Waals surface area (Å²) in [5.74, 6) is -0.290. The molecule has 1 aromatic carbocycles. The first-order valence-electron chi connectivity index (χ1n) is 4.28. The van der Waals surface area contributed by atoms with Gasteiger partial charge in [0.05, 0.1) is 5.56 Å². The molecular weight excluding hydrogens is 270 g/mol. The lowest BCUT2D eigenvalue weighted by Gasteiger charge is -2.08. The maximum Gasteiger partial charge on any atom is 0.387 e. The third kappa shape index (κ3) is 3.58. The molecule has 0 bridgehead atoms. The molecule has 0 saturated carbocycles. The Morgan fingerprint density at radius 2 is 2.07 bits per heavy atom. The maximum absolute atomic E-state index is 12.0. The zero-order chi connectivity index (χ0) is 11.3. The van der Waals surface area contributed by atoms with Crippen molar-refractivity contribution in [1.82, 2.24) is 0 Å². The van der Waals surface area contributed by atoms with Gasteiger partial charge in [-0.3, -0.25) is 4.79 Å². The van der Waals surface area contributed by atoms with Crippen LogP contribution in [0.1, 0.15) is 16.8 Å². The summed E-state index contributed by atoms with van der Waals surface area (Å²) < 4.78 is 28.3. The molecule has 0 aliphatic rings. The summed E-state index contributed by atoms with van der Waals surface area (Å²) in [4.78, 5) is 11.5. The Morgan fingerprint density at radius 1 is 1.40 bits per heavy atom. The van der Waals surface area contributed by atoms with Crippen LogP contribution in [0.4, 0.5) is 8.78 Å². The predicted molar refractivity (Wildman–Crippen MR) is 55.8 cm³/mol. The van der Waals surface area contributed by atoms with Crippen molar-refractivity contribution in [3.63, 3.8) is 0 Å². The Hall–Kier alpha value is -0.970. The number of ether oxygens (including phenoxy) is 1. The van der Waals surface area contributed by atoms with Gasteiger partial charge in [0.2, 0.25) is 0 Å². The van der Waals surface area contributed by atoms with Gasteiger partial charge in [0.25, 0.3) is 0 Å². The molecular formula is C10H9BrF2O2. The van der Waals surface area contributed by atoms with Crippen LogP contribution in [0, 0.1) is 0 Å². The average molecular weight is 279 g/mol. The minimum absolute atomic E-state index is 0.0709. The number of hydrogen-bond acceptors (Lipinski definition) is 2. The monoisotopic (exact) mass is 278 g/mol. The zero-order valence-electron chi connectivity index (χ0n) is 7.75. The second kappa shape index (κ2) is 5.80. The van der Waals surface area contributed by atoms with Crippen LogP contribution in [0.2, 0.25) is 0 Å². The summed E-state index contributed by atoms with van der Waals surface area (Å²) in [5, 5.41) is 0.495. The third-order valence-electron chi connectivity index (χ3n) is 1.73. The molecule has 5 heteroatoms. The molecule has 0 amide bonds. The highest BCUT2D eigenvalue weighted by Crippen LogP contribution is 2.21. The van der Waals surface area contributed by atoms with E-state index in [2.05, 4.69) is 20.7 Å². The Morgan fingerprint density at radius 3 is 2.67 bits per heavy atom. The quantitative estimate of drug-likeness (QED) is 0.611. The van der Waals surface area contributed by atoms with E-state index in [4.69, 9.17) is 0 Å². The van der Waals surface area contributed by atoms with Crippen molar-refractivity contribution in [2.75, 3.05) is 5.33 Å². The highest BCUT2D eigenvalue weighted by molar-refractivity contribution is 9.09. The molecule has 0 radical (unpaired) electrons. The molecule has 0 aliphatic carbocycles. The third-order valence-corrected chi connectivity index (χ3v) is 2.12. The number of Topliss-reactive ketones (excluding diaryl/α,β-unsaturated/α-hetero) is 1. The molecule has 0 aliphatic heterocycles. The van der Waals surface area contributed by atoms with Crippen molar-refractivity contribution in [1.29, 1.82) is 0 Å². The summed E-state index contributed by atoms with van der Waals surface area (Å²) in [5.41, 5.74) is 0.192. The van der Waals surface area contributed by atoms with Crippen LogP contribution in [-0.2, 0) is 0 Å². The molecule has 82 valence electrons. The first-order valence-corrected chi connectivity index (χ1v) is 5.40. The molecule has 0 fully saturated rings. The number of hydrogen-bond donors (Lipinski definition) is 0. The minimum Gasteiger partial charge on any atom is -0.434 e. The van der Waals surface area contributed by atoms with Crippen LogP contribution in [0.3, 0.4) is 0 Å². The standard InChI is InChI=1S/C10H9BrF2O2/c11-6-5-8(14)7-3-1-2-4-9(7)15-10(12)13/h1-4,10H,5-6H2. The molecule has 0 aromatic heterocycles. The summed E-state index contributed by atoms with van der Waals surface area (Å²) in [7, 11) is 0. The second-order valence-electron chi connectivity index (χ2n) is 2.74. The Balaban J connectivity index is 2.90. The first kappa shape index (κ1) is 12.1. The highest BCUT2D eigenvalue weighted by atomic mass is 79.9.